The molecule has 6 nitrogen and oxygen atoms in total. The van der Waals surface area contributed by atoms with E-state index in [2.05, 4.69) is 6.58 Å². The van der Waals surface area contributed by atoms with E-state index in [1.54, 1.807) is 4.90 Å². The van der Waals surface area contributed by atoms with Crippen LogP contribution in [-0.2, 0) is 14.6 Å². The fourth-order valence-corrected chi connectivity index (χ4v) is 2.47. The van der Waals surface area contributed by atoms with Gasteiger partial charge in [0.1, 0.15) is 6.61 Å². The van der Waals surface area contributed by atoms with Gasteiger partial charge in [0.25, 0.3) is 0 Å². The molecule has 1 rings (SSSR count). The minimum atomic E-state index is -5.22. The fourth-order valence-electron chi connectivity index (χ4n) is 1.74. The van der Waals surface area contributed by atoms with E-state index in [0.29, 0.717) is 13.1 Å². The Balaban J connectivity index is 2.37. The van der Waals surface area contributed by atoms with Crippen LogP contribution >= 0.6 is 0 Å². The largest absolute Gasteiger partial charge is 0.497 e. The van der Waals surface area contributed by atoms with Gasteiger partial charge < -0.3 is 9.64 Å². The molecule has 0 bridgehead atoms. The highest BCUT2D eigenvalue weighted by molar-refractivity contribution is 7.92. The third-order valence-electron chi connectivity index (χ3n) is 2.98. The Morgan fingerprint density at radius 2 is 1.81 bits per heavy atom. The van der Waals surface area contributed by atoms with Crippen molar-refractivity contribution in [2.45, 2.75) is 5.51 Å². The first kappa shape index (κ1) is 17.8. The van der Waals surface area contributed by atoms with Crippen molar-refractivity contribution in [2.24, 2.45) is 0 Å². The lowest BCUT2D eigenvalue weighted by Crippen LogP contribution is -2.50. The fraction of sp³-hybridized carbons (Fsp3) is 0.727. The monoisotopic (exact) mass is 330 g/mol. The molecule has 0 unspecified atom stereocenters. The van der Waals surface area contributed by atoms with Gasteiger partial charge >= 0.3 is 11.6 Å². The molecule has 122 valence electrons. The SMILES string of the molecule is C=CCOC(=O)N1CCN(CCS(=O)(=O)C(F)(F)F)CC1. The summed E-state index contributed by atoms with van der Waals surface area (Å²) in [5.41, 5.74) is -5.22. The van der Waals surface area contributed by atoms with E-state index in [0.717, 1.165) is 0 Å². The Hall–Kier alpha value is -1.29. The number of hydrogen-bond donors (Lipinski definition) is 0. The van der Waals surface area contributed by atoms with Gasteiger partial charge in [-0.05, 0) is 0 Å². The van der Waals surface area contributed by atoms with Crippen molar-refractivity contribution in [1.82, 2.24) is 9.80 Å². The molecule has 1 saturated heterocycles. The van der Waals surface area contributed by atoms with Gasteiger partial charge in [0.15, 0.2) is 0 Å². The molecule has 1 aliphatic rings. The molecular formula is C11H17F3N2O4S. The lowest BCUT2D eigenvalue weighted by molar-refractivity contribution is -0.0437. The second kappa shape index (κ2) is 7.12. The molecular weight excluding hydrogens is 313 g/mol. The third kappa shape index (κ3) is 5.20. The minimum Gasteiger partial charge on any atom is -0.445 e. The normalized spacial score (nSPS) is 17.6. The molecule has 1 fully saturated rings. The van der Waals surface area contributed by atoms with Crippen molar-refractivity contribution < 1.29 is 31.1 Å². The van der Waals surface area contributed by atoms with Gasteiger partial charge in [-0.15, -0.1) is 0 Å². The van der Waals surface area contributed by atoms with E-state index in [-0.39, 0.29) is 26.2 Å². The predicted molar refractivity (Wildman–Crippen MR) is 69.4 cm³/mol. The zero-order valence-corrected chi connectivity index (χ0v) is 12.1. The van der Waals surface area contributed by atoms with Gasteiger partial charge in [-0.1, -0.05) is 12.7 Å². The molecule has 0 N–H and O–H groups in total. The van der Waals surface area contributed by atoms with E-state index in [1.807, 2.05) is 0 Å². The Labute approximate surface area is 121 Å². The van der Waals surface area contributed by atoms with Crippen LogP contribution in [0, 0.1) is 0 Å². The summed E-state index contributed by atoms with van der Waals surface area (Å²) in [6, 6.07) is 0. The molecule has 1 aliphatic heterocycles. The Morgan fingerprint density at radius 1 is 1.24 bits per heavy atom. The second-order valence-electron chi connectivity index (χ2n) is 4.46. The number of carbonyl (C=O) groups is 1. The molecule has 0 saturated carbocycles. The Bertz CT molecular complexity index is 470. The van der Waals surface area contributed by atoms with Crippen LogP contribution < -0.4 is 0 Å². The van der Waals surface area contributed by atoms with Gasteiger partial charge in [-0.25, -0.2) is 13.2 Å². The first-order valence-corrected chi connectivity index (χ1v) is 7.86. The van der Waals surface area contributed by atoms with Crippen LogP contribution in [0.2, 0.25) is 0 Å². The predicted octanol–water partition coefficient (Wildman–Crippen LogP) is 0.861. The second-order valence-corrected chi connectivity index (χ2v) is 6.56. The Morgan fingerprint density at radius 3 is 2.29 bits per heavy atom. The van der Waals surface area contributed by atoms with E-state index in [1.165, 1.54) is 11.0 Å². The molecule has 0 aromatic heterocycles. The summed E-state index contributed by atoms with van der Waals surface area (Å²) in [4.78, 5) is 14.5. The van der Waals surface area contributed by atoms with Crippen molar-refractivity contribution in [3.05, 3.63) is 12.7 Å². The highest BCUT2D eigenvalue weighted by atomic mass is 32.2. The molecule has 0 aromatic rings. The molecule has 0 atom stereocenters. The summed E-state index contributed by atoms with van der Waals surface area (Å²) in [6.07, 6.45) is 0.910. The summed E-state index contributed by atoms with van der Waals surface area (Å²) in [5, 5.41) is 0. The van der Waals surface area contributed by atoms with Crippen molar-refractivity contribution in [2.75, 3.05) is 45.1 Å². The number of rotatable bonds is 5. The Kier molecular flexibility index (Phi) is 6.02. The van der Waals surface area contributed by atoms with Crippen LogP contribution in [0.5, 0.6) is 0 Å². The number of sulfone groups is 1. The van der Waals surface area contributed by atoms with Crippen molar-refractivity contribution in [3.63, 3.8) is 0 Å². The van der Waals surface area contributed by atoms with Crippen LogP contribution in [0.4, 0.5) is 18.0 Å². The molecule has 1 amide bonds. The molecule has 0 radical (unpaired) electrons. The highest BCUT2D eigenvalue weighted by Gasteiger charge is 2.45. The van der Waals surface area contributed by atoms with Gasteiger partial charge in [0.2, 0.25) is 9.84 Å². The quantitative estimate of drug-likeness (QED) is 0.700. The summed E-state index contributed by atoms with van der Waals surface area (Å²) >= 11 is 0. The van der Waals surface area contributed by atoms with E-state index in [9.17, 15) is 26.4 Å². The summed E-state index contributed by atoms with van der Waals surface area (Å²) in [6.45, 7) is 4.44. The number of piperazine rings is 1. The lowest BCUT2D eigenvalue weighted by atomic mass is 10.3. The van der Waals surface area contributed by atoms with Gasteiger partial charge in [0.05, 0.1) is 5.75 Å². The molecule has 0 aromatic carbocycles. The maximum absolute atomic E-state index is 12.2. The average Bonchev–Trinajstić information content (AvgIpc) is 2.42. The number of nitrogens with zero attached hydrogens (tertiary/aromatic N) is 2. The van der Waals surface area contributed by atoms with Crippen LogP contribution in [0.25, 0.3) is 0 Å². The van der Waals surface area contributed by atoms with Crippen molar-refractivity contribution in [3.8, 4) is 0 Å². The van der Waals surface area contributed by atoms with Gasteiger partial charge in [0, 0.05) is 32.7 Å². The number of hydrogen-bond acceptors (Lipinski definition) is 5. The van der Waals surface area contributed by atoms with Gasteiger partial charge in [-0.3, -0.25) is 4.90 Å². The first-order chi connectivity index (χ1) is 9.67. The lowest BCUT2D eigenvalue weighted by Gasteiger charge is -2.33. The van der Waals surface area contributed by atoms with E-state index >= 15 is 0 Å². The minimum absolute atomic E-state index is 0.0862. The first-order valence-electron chi connectivity index (χ1n) is 6.21. The summed E-state index contributed by atoms with van der Waals surface area (Å²) in [5.74, 6) is -0.975. The molecule has 21 heavy (non-hydrogen) atoms. The molecule has 0 spiro atoms. The van der Waals surface area contributed by atoms with Crippen LogP contribution in [-0.4, -0.2) is 74.9 Å². The zero-order chi connectivity index (χ0) is 16.1. The number of amides is 1. The standard InChI is InChI=1S/C11H17F3N2O4S/c1-2-8-20-10(17)16-5-3-15(4-6-16)7-9-21(18,19)11(12,13)14/h2H,1,3-9H2. The molecule has 10 heteroatoms. The summed E-state index contributed by atoms with van der Waals surface area (Å²) in [7, 11) is -5.10. The van der Waals surface area contributed by atoms with Crippen LogP contribution in [0.3, 0.4) is 0 Å². The van der Waals surface area contributed by atoms with Crippen LogP contribution in [0.15, 0.2) is 12.7 Å². The third-order valence-corrected chi connectivity index (χ3v) is 4.41. The topological polar surface area (TPSA) is 66.9 Å². The molecule has 1 heterocycles. The number of ether oxygens (including phenoxy) is 1. The van der Waals surface area contributed by atoms with Crippen LogP contribution in [0.1, 0.15) is 0 Å². The van der Waals surface area contributed by atoms with Gasteiger partial charge in [-0.2, -0.15) is 13.2 Å². The van der Waals surface area contributed by atoms with E-state index in [4.69, 9.17) is 4.74 Å². The van der Waals surface area contributed by atoms with E-state index < -0.39 is 27.2 Å². The number of carbonyl (C=O) groups excluding carboxylic acids is 1. The summed E-state index contributed by atoms with van der Waals surface area (Å²) < 4.78 is 63.3. The van der Waals surface area contributed by atoms with Crippen molar-refractivity contribution in [1.29, 1.82) is 0 Å². The maximum atomic E-state index is 12.2. The highest BCUT2D eigenvalue weighted by Crippen LogP contribution is 2.23. The zero-order valence-electron chi connectivity index (χ0n) is 11.3. The number of alkyl halides is 3. The average molecular weight is 330 g/mol. The molecule has 0 aliphatic carbocycles. The van der Waals surface area contributed by atoms with Crippen molar-refractivity contribution >= 4 is 15.9 Å². The maximum Gasteiger partial charge on any atom is 0.497 e. The smallest absolute Gasteiger partial charge is 0.445 e. The number of halogens is 3.